The summed E-state index contributed by atoms with van der Waals surface area (Å²) in [7, 11) is 1.22. The highest BCUT2D eigenvalue weighted by molar-refractivity contribution is 5.91. The van der Waals surface area contributed by atoms with Gasteiger partial charge in [-0.15, -0.1) is 0 Å². The van der Waals surface area contributed by atoms with Crippen molar-refractivity contribution in [1.29, 1.82) is 0 Å². The fourth-order valence-electron chi connectivity index (χ4n) is 6.51. The molecule has 0 spiro atoms. The number of H-pyrrole nitrogens is 1. The number of methoxy groups -OCH3 is 1. The van der Waals surface area contributed by atoms with Crippen molar-refractivity contribution in [1.82, 2.24) is 14.9 Å². The molecule has 2 amide bonds. The highest BCUT2D eigenvalue weighted by atomic mass is 16.5. The van der Waals surface area contributed by atoms with Gasteiger partial charge in [-0.2, -0.15) is 0 Å². The molecular formula is C35H42N4O3. The van der Waals surface area contributed by atoms with Crippen LogP contribution in [0.3, 0.4) is 0 Å². The van der Waals surface area contributed by atoms with Gasteiger partial charge in [-0.05, 0) is 89.1 Å². The zero-order valence-electron chi connectivity index (χ0n) is 25.2. The van der Waals surface area contributed by atoms with Crippen molar-refractivity contribution in [2.24, 2.45) is 11.7 Å². The van der Waals surface area contributed by atoms with Gasteiger partial charge in [0.15, 0.2) is 0 Å². The Labute approximate surface area is 248 Å². The molecule has 1 fully saturated rings. The van der Waals surface area contributed by atoms with Crippen molar-refractivity contribution in [3.8, 4) is 22.4 Å². The molecule has 0 radical (unpaired) electrons. The van der Waals surface area contributed by atoms with Crippen LogP contribution in [-0.4, -0.2) is 40.5 Å². The van der Waals surface area contributed by atoms with Crippen molar-refractivity contribution in [3.05, 3.63) is 77.2 Å². The number of amides is 2. The number of nitrogens with one attached hydrogen (secondary N) is 1. The molecule has 1 atom stereocenters. The number of aromatic nitrogens is 2. The van der Waals surface area contributed by atoms with Gasteiger partial charge in [0.25, 0.3) is 0 Å². The van der Waals surface area contributed by atoms with Crippen LogP contribution in [-0.2, 0) is 28.8 Å². The van der Waals surface area contributed by atoms with E-state index in [4.69, 9.17) is 4.98 Å². The highest BCUT2D eigenvalue weighted by Gasteiger charge is 2.32. The highest BCUT2D eigenvalue weighted by Crippen LogP contribution is 2.40. The lowest BCUT2D eigenvalue weighted by Gasteiger charge is -2.24. The maximum Gasteiger partial charge on any atom is 0.404 e. The normalized spacial score (nSPS) is 15.9. The summed E-state index contributed by atoms with van der Waals surface area (Å²) in [4.78, 5) is 32.7. The molecule has 7 nitrogen and oxygen atoms in total. The predicted octanol–water partition coefficient (Wildman–Crippen LogP) is 7.37. The lowest BCUT2D eigenvalue weighted by atomic mass is 9.91. The zero-order valence-corrected chi connectivity index (χ0v) is 25.2. The minimum absolute atomic E-state index is 0.0675. The first-order valence-corrected chi connectivity index (χ1v) is 15.2. The van der Waals surface area contributed by atoms with E-state index in [0.29, 0.717) is 12.3 Å². The SMILES string of the molecule is CCc1cccc2cc(-c3ccc(-c4cnc(C5CCCN5C(=O)CC(C)C)[nH]4)c4c3CCC4)ccc12.COC(N)=O. The maximum atomic E-state index is 12.8. The van der Waals surface area contributed by atoms with E-state index in [1.165, 1.54) is 57.7 Å². The van der Waals surface area contributed by atoms with E-state index in [1.807, 2.05) is 11.1 Å². The van der Waals surface area contributed by atoms with Gasteiger partial charge in [-0.3, -0.25) is 4.79 Å². The Hall–Kier alpha value is -4.13. The second kappa shape index (κ2) is 12.8. The molecule has 4 aromatic rings. The van der Waals surface area contributed by atoms with Crippen LogP contribution in [0.15, 0.2) is 54.7 Å². The number of nitrogens with zero attached hydrogens (tertiary/aromatic N) is 2. The summed E-state index contributed by atoms with van der Waals surface area (Å²) in [6.07, 6.45) is 8.32. The number of benzene rings is 3. The first-order valence-electron chi connectivity index (χ1n) is 15.2. The van der Waals surface area contributed by atoms with Gasteiger partial charge >= 0.3 is 6.09 Å². The molecule has 1 aliphatic heterocycles. The van der Waals surface area contributed by atoms with Crippen LogP contribution in [0.4, 0.5) is 4.79 Å². The summed E-state index contributed by atoms with van der Waals surface area (Å²) in [6, 6.07) is 18.3. The number of imidazole rings is 1. The van der Waals surface area contributed by atoms with Gasteiger partial charge in [0, 0.05) is 18.5 Å². The molecule has 7 heteroatoms. The van der Waals surface area contributed by atoms with Gasteiger partial charge in [0.2, 0.25) is 5.91 Å². The van der Waals surface area contributed by atoms with E-state index in [9.17, 15) is 9.59 Å². The van der Waals surface area contributed by atoms with Crippen molar-refractivity contribution in [3.63, 3.8) is 0 Å². The minimum atomic E-state index is -0.745. The largest absolute Gasteiger partial charge is 0.453 e. The van der Waals surface area contributed by atoms with Crippen molar-refractivity contribution in [2.75, 3.05) is 13.7 Å². The first kappa shape index (κ1) is 29.4. The average Bonchev–Trinajstić information content (AvgIpc) is 3.76. The Bertz CT molecular complexity index is 1590. The molecule has 6 rings (SSSR count). The number of aryl methyl sites for hydroxylation is 1. The molecular weight excluding hydrogens is 524 g/mol. The van der Waals surface area contributed by atoms with Crippen LogP contribution in [0, 0.1) is 5.92 Å². The number of nitrogens with two attached hydrogens (primary N) is 1. The van der Waals surface area contributed by atoms with Gasteiger partial charge in [-0.25, -0.2) is 9.78 Å². The van der Waals surface area contributed by atoms with Crippen molar-refractivity contribution in [2.45, 2.75) is 71.8 Å². The van der Waals surface area contributed by atoms with E-state index in [0.717, 1.165) is 50.2 Å². The Morgan fingerprint density at radius 2 is 1.81 bits per heavy atom. The Morgan fingerprint density at radius 1 is 1.07 bits per heavy atom. The fourth-order valence-corrected chi connectivity index (χ4v) is 6.51. The summed E-state index contributed by atoms with van der Waals surface area (Å²) in [5, 5.41) is 2.68. The molecule has 0 saturated carbocycles. The van der Waals surface area contributed by atoms with E-state index in [1.54, 1.807) is 0 Å². The number of aromatic amines is 1. The van der Waals surface area contributed by atoms with Crippen LogP contribution < -0.4 is 5.73 Å². The van der Waals surface area contributed by atoms with Crippen LogP contribution in [0.5, 0.6) is 0 Å². The van der Waals surface area contributed by atoms with Gasteiger partial charge in [-0.1, -0.05) is 63.2 Å². The third-order valence-electron chi connectivity index (χ3n) is 8.51. The quantitative estimate of drug-likeness (QED) is 0.254. The van der Waals surface area contributed by atoms with Crippen molar-refractivity contribution >= 4 is 22.8 Å². The number of carbonyl (C=O) groups excluding carboxylic acids is 2. The summed E-state index contributed by atoms with van der Waals surface area (Å²) in [5.74, 6) is 1.56. The Kier molecular flexibility index (Phi) is 8.95. The summed E-state index contributed by atoms with van der Waals surface area (Å²) in [5.41, 5.74) is 13.8. The number of primary amides is 1. The topological polar surface area (TPSA) is 101 Å². The third kappa shape index (κ3) is 6.06. The molecule has 1 aliphatic carbocycles. The molecule has 2 aliphatic rings. The fraction of sp³-hybridized carbons (Fsp3) is 0.400. The number of rotatable bonds is 6. The molecule has 220 valence electrons. The van der Waals surface area contributed by atoms with Crippen molar-refractivity contribution < 1.29 is 14.3 Å². The Balaban J connectivity index is 0.000000652. The van der Waals surface area contributed by atoms with E-state index >= 15 is 0 Å². The number of carbonyl (C=O) groups is 2. The zero-order chi connectivity index (χ0) is 29.8. The minimum Gasteiger partial charge on any atom is -0.453 e. The van der Waals surface area contributed by atoms with Crippen LogP contribution in [0.25, 0.3) is 33.2 Å². The second-order valence-corrected chi connectivity index (χ2v) is 11.7. The first-order chi connectivity index (χ1) is 20.3. The van der Waals surface area contributed by atoms with E-state index < -0.39 is 6.09 Å². The van der Waals surface area contributed by atoms with Gasteiger partial charge in [0.1, 0.15) is 5.82 Å². The molecule has 1 saturated heterocycles. The van der Waals surface area contributed by atoms with Crippen LogP contribution in [0.1, 0.15) is 75.0 Å². The lowest BCUT2D eigenvalue weighted by Crippen LogP contribution is -2.31. The van der Waals surface area contributed by atoms with Gasteiger partial charge in [0.05, 0.1) is 25.0 Å². The molecule has 1 unspecified atom stereocenters. The molecule has 3 aromatic carbocycles. The summed E-state index contributed by atoms with van der Waals surface area (Å²) >= 11 is 0. The van der Waals surface area contributed by atoms with Crippen LogP contribution >= 0.6 is 0 Å². The number of hydrogen-bond acceptors (Lipinski definition) is 4. The van der Waals surface area contributed by atoms with Crippen LogP contribution in [0.2, 0.25) is 0 Å². The molecule has 3 N–H and O–H groups in total. The number of likely N-dealkylation sites (tertiary alicyclic amines) is 1. The van der Waals surface area contributed by atoms with E-state index in [-0.39, 0.29) is 11.9 Å². The van der Waals surface area contributed by atoms with Gasteiger partial charge < -0.3 is 20.4 Å². The third-order valence-corrected chi connectivity index (χ3v) is 8.51. The molecule has 2 heterocycles. The molecule has 42 heavy (non-hydrogen) atoms. The number of hydrogen-bond donors (Lipinski definition) is 2. The average molecular weight is 567 g/mol. The molecule has 1 aromatic heterocycles. The number of ether oxygens (including phenoxy) is 1. The summed E-state index contributed by atoms with van der Waals surface area (Å²) in [6.45, 7) is 7.28. The Morgan fingerprint density at radius 3 is 2.52 bits per heavy atom. The molecule has 0 bridgehead atoms. The lowest BCUT2D eigenvalue weighted by molar-refractivity contribution is -0.133. The smallest absolute Gasteiger partial charge is 0.404 e. The van der Waals surface area contributed by atoms with E-state index in [2.05, 4.69) is 84.8 Å². The monoisotopic (exact) mass is 566 g/mol. The predicted molar refractivity (Wildman–Crippen MR) is 168 cm³/mol. The second-order valence-electron chi connectivity index (χ2n) is 11.7. The number of fused-ring (bicyclic) bond motifs is 2. The summed E-state index contributed by atoms with van der Waals surface area (Å²) < 4.78 is 3.89. The maximum absolute atomic E-state index is 12.8. The standard InChI is InChI=1S/C33H37N3O.C2H5NO2/c1-4-22-8-5-9-23-19-24(13-14-25(22)23)26-15-16-29(28-11-6-10-27(26)28)30-20-34-33(35-30)31-12-7-17-36(31)32(37)18-21(2)3;1-5-2(3)4/h5,8-9,13-16,19-21,31H,4,6-7,10-12,17-18H2,1-3H3,(H,34,35);1H3,(H2,3,4).